The van der Waals surface area contributed by atoms with Crippen molar-refractivity contribution in [2.45, 2.75) is 32.1 Å². The SMILES string of the molecule is CCOC(=O)C1CCCc2sc(-c3ncn[nH]3)nc21. The minimum absolute atomic E-state index is 0.169. The smallest absolute Gasteiger partial charge is 0.315 e. The molecular weight excluding hydrogens is 264 g/mol. The van der Waals surface area contributed by atoms with Crippen LogP contribution in [-0.2, 0) is 16.0 Å². The predicted molar refractivity (Wildman–Crippen MR) is 69.8 cm³/mol. The van der Waals surface area contributed by atoms with Crippen LogP contribution in [0, 0.1) is 0 Å². The van der Waals surface area contributed by atoms with Gasteiger partial charge in [0.15, 0.2) is 10.8 Å². The number of carbonyl (C=O) groups excluding carboxylic acids is 1. The van der Waals surface area contributed by atoms with Crippen molar-refractivity contribution < 1.29 is 9.53 Å². The molecule has 19 heavy (non-hydrogen) atoms. The number of thiazole rings is 1. The zero-order valence-corrected chi connectivity index (χ0v) is 11.4. The third-order valence-corrected chi connectivity index (χ3v) is 4.28. The standard InChI is InChI=1S/C12H14N4O2S/c1-2-18-12(17)7-4-3-5-8-9(7)15-11(19-8)10-13-6-14-16-10/h6-7H,2-5H2,1H3,(H,13,14,16). The van der Waals surface area contributed by atoms with Gasteiger partial charge in [0.2, 0.25) is 0 Å². The highest BCUT2D eigenvalue weighted by Gasteiger charge is 2.31. The molecule has 0 saturated carbocycles. The molecule has 100 valence electrons. The number of fused-ring (bicyclic) bond motifs is 1. The van der Waals surface area contributed by atoms with Crippen LogP contribution in [-0.4, -0.2) is 32.7 Å². The number of carbonyl (C=O) groups is 1. The van der Waals surface area contributed by atoms with Crippen LogP contribution in [0.25, 0.3) is 10.8 Å². The predicted octanol–water partition coefficient (Wildman–Crippen LogP) is 1.91. The molecule has 0 bridgehead atoms. The molecule has 1 N–H and O–H groups in total. The van der Waals surface area contributed by atoms with E-state index in [4.69, 9.17) is 4.74 Å². The topological polar surface area (TPSA) is 80.8 Å². The molecule has 0 amide bonds. The van der Waals surface area contributed by atoms with E-state index in [1.54, 1.807) is 11.3 Å². The first-order chi connectivity index (χ1) is 9.29. The number of esters is 1. The molecule has 0 spiro atoms. The van der Waals surface area contributed by atoms with E-state index in [9.17, 15) is 4.79 Å². The number of hydrogen-bond acceptors (Lipinski definition) is 6. The number of nitrogens with one attached hydrogen (secondary N) is 1. The van der Waals surface area contributed by atoms with E-state index >= 15 is 0 Å². The molecule has 1 unspecified atom stereocenters. The fraction of sp³-hybridized carbons (Fsp3) is 0.500. The summed E-state index contributed by atoms with van der Waals surface area (Å²) in [5, 5.41) is 7.42. The van der Waals surface area contributed by atoms with E-state index in [0.717, 1.165) is 34.8 Å². The third-order valence-electron chi connectivity index (χ3n) is 3.14. The monoisotopic (exact) mass is 278 g/mol. The van der Waals surface area contributed by atoms with Gasteiger partial charge in [-0.25, -0.2) is 9.97 Å². The van der Waals surface area contributed by atoms with Crippen LogP contribution in [0.5, 0.6) is 0 Å². The van der Waals surface area contributed by atoms with Gasteiger partial charge < -0.3 is 4.74 Å². The molecule has 0 aromatic carbocycles. The van der Waals surface area contributed by atoms with E-state index < -0.39 is 0 Å². The largest absolute Gasteiger partial charge is 0.465 e. The Morgan fingerprint density at radius 3 is 3.26 bits per heavy atom. The van der Waals surface area contributed by atoms with Gasteiger partial charge in [-0.05, 0) is 26.2 Å². The number of hydrogen-bond donors (Lipinski definition) is 1. The lowest BCUT2D eigenvalue weighted by atomic mass is 9.91. The van der Waals surface area contributed by atoms with Gasteiger partial charge in [-0.2, -0.15) is 5.10 Å². The molecule has 0 radical (unpaired) electrons. The minimum Gasteiger partial charge on any atom is -0.465 e. The zero-order chi connectivity index (χ0) is 13.2. The number of rotatable bonds is 3. The highest BCUT2D eigenvalue weighted by atomic mass is 32.1. The van der Waals surface area contributed by atoms with Crippen molar-refractivity contribution in [2.75, 3.05) is 6.61 Å². The first-order valence-electron chi connectivity index (χ1n) is 6.31. The zero-order valence-electron chi connectivity index (χ0n) is 10.5. The molecule has 1 aliphatic carbocycles. The summed E-state index contributed by atoms with van der Waals surface area (Å²) < 4.78 is 5.13. The molecule has 0 aliphatic heterocycles. The van der Waals surface area contributed by atoms with Crippen LogP contribution in [0.15, 0.2) is 6.33 Å². The molecule has 7 heteroatoms. The van der Waals surface area contributed by atoms with Crippen LogP contribution in [0.4, 0.5) is 0 Å². The average Bonchev–Trinajstić information content (AvgIpc) is 3.06. The fourth-order valence-electron chi connectivity index (χ4n) is 2.30. The van der Waals surface area contributed by atoms with Crippen molar-refractivity contribution in [3.05, 3.63) is 16.9 Å². The van der Waals surface area contributed by atoms with Crippen molar-refractivity contribution in [1.82, 2.24) is 20.2 Å². The number of nitrogens with zero attached hydrogens (tertiary/aromatic N) is 3. The second-order valence-corrected chi connectivity index (χ2v) is 5.44. The highest BCUT2D eigenvalue weighted by molar-refractivity contribution is 7.15. The molecule has 1 aliphatic rings. The van der Waals surface area contributed by atoms with Crippen molar-refractivity contribution in [3.63, 3.8) is 0 Å². The maximum atomic E-state index is 12.0. The molecule has 2 aromatic heterocycles. The molecule has 2 heterocycles. The first-order valence-corrected chi connectivity index (χ1v) is 7.13. The number of H-pyrrole nitrogens is 1. The summed E-state index contributed by atoms with van der Waals surface area (Å²) in [6.45, 7) is 2.23. The third kappa shape index (κ3) is 2.25. The quantitative estimate of drug-likeness (QED) is 0.867. The number of aromatic nitrogens is 4. The lowest BCUT2D eigenvalue weighted by Crippen LogP contribution is -2.20. The van der Waals surface area contributed by atoms with Gasteiger partial charge in [-0.15, -0.1) is 11.3 Å². The van der Waals surface area contributed by atoms with E-state index in [0.29, 0.717) is 12.4 Å². The number of aryl methyl sites for hydroxylation is 1. The van der Waals surface area contributed by atoms with Gasteiger partial charge in [0, 0.05) is 4.88 Å². The summed E-state index contributed by atoms with van der Waals surface area (Å²) >= 11 is 1.58. The summed E-state index contributed by atoms with van der Waals surface area (Å²) in [7, 11) is 0. The van der Waals surface area contributed by atoms with Crippen molar-refractivity contribution in [3.8, 4) is 10.8 Å². The van der Waals surface area contributed by atoms with Crippen LogP contribution in [0.3, 0.4) is 0 Å². The minimum atomic E-state index is -0.225. The van der Waals surface area contributed by atoms with Crippen LogP contribution in [0.1, 0.15) is 36.3 Å². The summed E-state index contributed by atoms with van der Waals surface area (Å²) in [6.07, 6.45) is 4.23. The summed E-state index contributed by atoms with van der Waals surface area (Å²) in [4.78, 5) is 21.8. The van der Waals surface area contributed by atoms with Gasteiger partial charge in [-0.1, -0.05) is 0 Å². The lowest BCUT2D eigenvalue weighted by molar-refractivity contribution is -0.145. The molecule has 3 rings (SSSR count). The number of aromatic amines is 1. The van der Waals surface area contributed by atoms with E-state index in [-0.39, 0.29) is 11.9 Å². The fourth-order valence-corrected chi connectivity index (χ4v) is 3.41. The van der Waals surface area contributed by atoms with Gasteiger partial charge in [0.1, 0.15) is 12.2 Å². The second-order valence-electron chi connectivity index (χ2n) is 4.36. The van der Waals surface area contributed by atoms with Crippen molar-refractivity contribution in [2.24, 2.45) is 0 Å². The van der Waals surface area contributed by atoms with E-state index in [1.165, 1.54) is 6.33 Å². The molecule has 0 fully saturated rings. The van der Waals surface area contributed by atoms with Gasteiger partial charge >= 0.3 is 5.97 Å². The van der Waals surface area contributed by atoms with Crippen molar-refractivity contribution >= 4 is 17.3 Å². The number of ether oxygens (including phenoxy) is 1. The maximum Gasteiger partial charge on any atom is 0.315 e. The Morgan fingerprint density at radius 2 is 2.53 bits per heavy atom. The summed E-state index contributed by atoms with van der Waals surface area (Å²) in [5.41, 5.74) is 0.862. The van der Waals surface area contributed by atoms with Crippen molar-refractivity contribution in [1.29, 1.82) is 0 Å². The van der Waals surface area contributed by atoms with Crippen LogP contribution >= 0.6 is 11.3 Å². The van der Waals surface area contributed by atoms with Gasteiger partial charge in [0.25, 0.3) is 0 Å². The van der Waals surface area contributed by atoms with Gasteiger partial charge in [0.05, 0.1) is 12.3 Å². The van der Waals surface area contributed by atoms with Crippen LogP contribution in [0.2, 0.25) is 0 Å². The van der Waals surface area contributed by atoms with Crippen LogP contribution < -0.4 is 0 Å². The molecular formula is C12H14N4O2S. The molecule has 6 nitrogen and oxygen atoms in total. The normalized spacial score (nSPS) is 18.1. The Balaban J connectivity index is 1.94. The Morgan fingerprint density at radius 1 is 1.63 bits per heavy atom. The Labute approximate surface area is 114 Å². The Kier molecular flexibility index (Phi) is 3.29. The molecule has 1 atom stereocenters. The molecule has 0 saturated heterocycles. The Bertz CT molecular complexity index is 579. The first kappa shape index (κ1) is 12.3. The second kappa shape index (κ2) is 5.08. The van der Waals surface area contributed by atoms with E-state index in [2.05, 4.69) is 20.2 Å². The van der Waals surface area contributed by atoms with E-state index in [1.807, 2.05) is 6.92 Å². The molecule has 2 aromatic rings. The Hall–Kier alpha value is -1.76. The maximum absolute atomic E-state index is 12.0. The summed E-state index contributed by atoms with van der Waals surface area (Å²) in [6, 6.07) is 0. The summed E-state index contributed by atoms with van der Waals surface area (Å²) in [5.74, 6) is 0.261. The van der Waals surface area contributed by atoms with Gasteiger partial charge in [-0.3, -0.25) is 9.89 Å². The highest BCUT2D eigenvalue weighted by Crippen LogP contribution is 2.37. The average molecular weight is 278 g/mol. The lowest BCUT2D eigenvalue weighted by Gasteiger charge is -2.19.